The van der Waals surface area contributed by atoms with E-state index >= 15 is 0 Å². The van der Waals surface area contributed by atoms with Gasteiger partial charge in [-0.15, -0.1) is 11.8 Å². The summed E-state index contributed by atoms with van der Waals surface area (Å²) in [6.45, 7) is 1.87. The molecule has 4 nitrogen and oxygen atoms in total. The first-order chi connectivity index (χ1) is 12.2. The summed E-state index contributed by atoms with van der Waals surface area (Å²) in [6.07, 6.45) is 1.98. The van der Waals surface area contributed by atoms with Gasteiger partial charge < -0.3 is 4.74 Å². The van der Waals surface area contributed by atoms with Gasteiger partial charge in [0.05, 0.1) is 11.5 Å². The number of thioether (sulfide) groups is 2. The van der Waals surface area contributed by atoms with Crippen LogP contribution in [-0.2, 0) is 4.79 Å². The molecule has 25 heavy (non-hydrogen) atoms. The standard InChI is InChI=1S/C19H20N2O2S2/c1-14(25-18-5-3-2-4-6-18)19(22)21-20-11-15-7-9-16(10-8-15)23-17-12-24-13-17/h2-11,14,17H,12-13H2,1H3,(H,21,22)/b20-11-/t14-/m1/s1. The van der Waals surface area contributed by atoms with E-state index in [4.69, 9.17) is 4.74 Å². The Morgan fingerprint density at radius 1 is 1.24 bits per heavy atom. The molecule has 3 rings (SSSR count). The third-order valence-electron chi connectivity index (χ3n) is 3.60. The van der Waals surface area contributed by atoms with Crippen molar-refractivity contribution < 1.29 is 9.53 Å². The third-order valence-corrected chi connectivity index (χ3v) is 5.93. The van der Waals surface area contributed by atoms with Gasteiger partial charge >= 0.3 is 0 Å². The van der Waals surface area contributed by atoms with Crippen LogP contribution in [0.2, 0.25) is 0 Å². The van der Waals surface area contributed by atoms with Crippen LogP contribution in [0, 0.1) is 0 Å². The molecule has 1 aliphatic heterocycles. The molecule has 1 aliphatic rings. The number of nitrogens with one attached hydrogen (secondary N) is 1. The number of nitrogens with zero attached hydrogens (tertiary/aromatic N) is 1. The highest BCUT2D eigenvalue weighted by molar-refractivity contribution is 8.00. The predicted octanol–water partition coefficient (Wildman–Crippen LogP) is 3.81. The molecule has 130 valence electrons. The van der Waals surface area contributed by atoms with Crippen molar-refractivity contribution in [3.63, 3.8) is 0 Å². The third kappa shape index (κ3) is 5.54. The number of rotatable bonds is 7. The molecule has 0 saturated carbocycles. The molecule has 1 atom stereocenters. The molecule has 1 heterocycles. The minimum Gasteiger partial charge on any atom is -0.489 e. The first-order valence-electron chi connectivity index (χ1n) is 8.10. The highest BCUT2D eigenvalue weighted by Gasteiger charge is 2.19. The molecular formula is C19H20N2O2S2. The summed E-state index contributed by atoms with van der Waals surface area (Å²) < 4.78 is 5.80. The molecule has 1 N–H and O–H groups in total. The number of hydrogen-bond acceptors (Lipinski definition) is 5. The van der Waals surface area contributed by atoms with E-state index in [-0.39, 0.29) is 11.2 Å². The minimum atomic E-state index is -0.212. The zero-order valence-electron chi connectivity index (χ0n) is 13.9. The summed E-state index contributed by atoms with van der Waals surface area (Å²) in [5, 5.41) is 3.83. The molecule has 0 aliphatic carbocycles. The normalized spacial score (nSPS) is 15.6. The SMILES string of the molecule is C[C@@H](Sc1ccccc1)C(=O)N/N=C\c1ccc(OC2CSC2)cc1. The Bertz CT molecular complexity index is 716. The maximum absolute atomic E-state index is 12.1. The summed E-state index contributed by atoms with van der Waals surface area (Å²) in [5.41, 5.74) is 3.51. The summed E-state index contributed by atoms with van der Waals surface area (Å²) in [7, 11) is 0. The van der Waals surface area contributed by atoms with E-state index in [1.54, 1.807) is 6.21 Å². The number of carbonyl (C=O) groups excluding carboxylic acids is 1. The van der Waals surface area contributed by atoms with Gasteiger partial charge in [-0.2, -0.15) is 16.9 Å². The molecule has 6 heteroatoms. The summed E-state index contributed by atoms with van der Waals surface area (Å²) in [4.78, 5) is 13.1. The maximum atomic E-state index is 12.1. The second-order valence-corrected chi connectivity index (χ2v) is 8.14. The van der Waals surface area contributed by atoms with Gasteiger partial charge in [0.1, 0.15) is 11.9 Å². The highest BCUT2D eigenvalue weighted by Crippen LogP contribution is 2.24. The molecule has 0 unspecified atom stereocenters. The number of amides is 1. The molecule has 0 spiro atoms. The van der Waals surface area contributed by atoms with Crippen LogP contribution in [0.5, 0.6) is 5.75 Å². The zero-order valence-corrected chi connectivity index (χ0v) is 15.6. The average molecular weight is 373 g/mol. The monoisotopic (exact) mass is 372 g/mol. The van der Waals surface area contributed by atoms with Gasteiger partial charge in [-0.1, -0.05) is 18.2 Å². The minimum absolute atomic E-state index is 0.118. The second-order valence-electron chi connectivity index (χ2n) is 5.65. The number of hydrogen-bond donors (Lipinski definition) is 1. The Morgan fingerprint density at radius 3 is 2.60 bits per heavy atom. The lowest BCUT2D eigenvalue weighted by Gasteiger charge is -2.25. The summed E-state index contributed by atoms with van der Waals surface area (Å²) in [6, 6.07) is 17.6. The van der Waals surface area contributed by atoms with E-state index in [1.165, 1.54) is 11.8 Å². The lowest BCUT2D eigenvalue weighted by Crippen LogP contribution is -2.30. The van der Waals surface area contributed by atoms with Crippen molar-refractivity contribution in [1.82, 2.24) is 5.43 Å². The largest absolute Gasteiger partial charge is 0.489 e. The van der Waals surface area contributed by atoms with Crippen LogP contribution < -0.4 is 10.2 Å². The van der Waals surface area contributed by atoms with Crippen molar-refractivity contribution >= 4 is 35.6 Å². The van der Waals surface area contributed by atoms with E-state index in [0.717, 1.165) is 27.7 Å². The molecule has 1 amide bonds. The Balaban J connectivity index is 1.45. The van der Waals surface area contributed by atoms with Gasteiger partial charge in [0.2, 0.25) is 0 Å². The van der Waals surface area contributed by atoms with Crippen LogP contribution in [0.1, 0.15) is 12.5 Å². The first kappa shape index (κ1) is 17.9. The second kappa shape index (κ2) is 8.97. The lowest BCUT2D eigenvalue weighted by molar-refractivity contribution is -0.120. The predicted molar refractivity (Wildman–Crippen MR) is 106 cm³/mol. The van der Waals surface area contributed by atoms with Crippen molar-refractivity contribution in [3.05, 3.63) is 60.2 Å². The molecule has 0 bridgehead atoms. The van der Waals surface area contributed by atoms with Crippen LogP contribution >= 0.6 is 23.5 Å². The van der Waals surface area contributed by atoms with Gasteiger partial charge in [-0.25, -0.2) is 5.43 Å². The smallest absolute Gasteiger partial charge is 0.253 e. The Kier molecular flexibility index (Phi) is 6.42. The molecule has 2 aromatic rings. The van der Waals surface area contributed by atoms with Gasteiger partial charge in [0.25, 0.3) is 5.91 Å². The number of ether oxygens (including phenoxy) is 1. The van der Waals surface area contributed by atoms with Crippen molar-refractivity contribution in [3.8, 4) is 5.75 Å². The fraction of sp³-hybridized carbons (Fsp3) is 0.263. The van der Waals surface area contributed by atoms with Gasteiger partial charge in [-0.3, -0.25) is 4.79 Å². The fourth-order valence-corrected chi connectivity index (χ4v) is 3.57. The van der Waals surface area contributed by atoms with Crippen LogP contribution in [0.15, 0.2) is 64.6 Å². The van der Waals surface area contributed by atoms with E-state index < -0.39 is 0 Å². The molecule has 2 aromatic carbocycles. The molecule has 0 radical (unpaired) electrons. The van der Waals surface area contributed by atoms with Crippen molar-refractivity contribution in [1.29, 1.82) is 0 Å². The van der Waals surface area contributed by atoms with Crippen LogP contribution in [0.4, 0.5) is 0 Å². The quantitative estimate of drug-likeness (QED) is 0.456. The van der Waals surface area contributed by atoms with Crippen LogP contribution in [0.3, 0.4) is 0 Å². The fourth-order valence-electron chi connectivity index (χ4n) is 2.13. The summed E-state index contributed by atoms with van der Waals surface area (Å²) >= 11 is 3.40. The van der Waals surface area contributed by atoms with E-state index in [9.17, 15) is 4.79 Å². The zero-order chi connectivity index (χ0) is 17.5. The molecule has 0 aromatic heterocycles. The van der Waals surface area contributed by atoms with Gasteiger partial charge in [0, 0.05) is 16.4 Å². The van der Waals surface area contributed by atoms with Crippen molar-refractivity contribution in [2.45, 2.75) is 23.2 Å². The topological polar surface area (TPSA) is 50.7 Å². The first-order valence-corrected chi connectivity index (χ1v) is 10.1. The number of benzene rings is 2. The van der Waals surface area contributed by atoms with E-state index in [1.807, 2.05) is 73.3 Å². The average Bonchev–Trinajstić information content (AvgIpc) is 2.60. The molecular weight excluding hydrogens is 352 g/mol. The lowest BCUT2D eigenvalue weighted by atomic mass is 10.2. The molecule has 1 fully saturated rings. The maximum Gasteiger partial charge on any atom is 0.253 e. The van der Waals surface area contributed by atoms with E-state index in [0.29, 0.717) is 6.10 Å². The van der Waals surface area contributed by atoms with Crippen molar-refractivity contribution in [2.24, 2.45) is 5.10 Å². The number of hydrazone groups is 1. The summed E-state index contributed by atoms with van der Waals surface area (Å²) in [5.74, 6) is 2.88. The van der Waals surface area contributed by atoms with Gasteiger partial charge in [0.15, 0.2) is 0 Å². The Hall–Kier alpha value is -1.92. The van der Waals surface area contributed by atoms with Crippen LogP contribution in [-0.4, -0.2) is 35.0 Å². The van der Waals surface area contributed by atoms with Gasteiger partial charge in [-0.05, 0) is 48.9 Å². The highest BCUT2D eigenvalue weighted by atomic mass is 32.2. The molecule has 1 saturated heterocycles. The Labute approximate surface area is 156 Å². The van der Waals surface area contributed by atoms with Crippen LogP contribution in [0.25, 0.3) is 0 Å². The number of carbonyl (C=O) groups is 1. The van der Waals surface area contributed by atoms with Crippen molar-refractivity contribution in [2.75, 3.05) is 11.5 Å². The Morgan fingerprint density at radius 2 is 1.96 bits per heavy atom. The van der Waals surface area contributed by atoms with E-state index in [2.05, 4.69) is 10.5 Å².